The number of aromatic nitrogens is 1. The van der Waals surface area contributed by atoms with E-state index in [4.69, 9.17) is 9.90 Å². The lowest BCUT2D eigenvalue weighted by Gasteiger charge is -1.85. The van der Waals surface area contributed by atoms with Crippen molar-refractivity contribution in [3.63, 3.8) is 0 Å². The van der Waals surface area contributed by atoms with Gasteiger partial charge < -0.3 is 20.6 Å². The van der Waals surface area contributed by atoms with Gasteiger partial charge in [0.1, 0.15) is 0 Å². The molecule has 0 saturated carbocycles. The molecule has 0 aliphatic carbocycles. The number of benzene rings is 1. The number of hydrogen-bond donors (Lipinski definition) is 2. The number of nitrogens with one attached hydrogen (secondary N) is 1. The van der Waals surface area contributed by atoms with Gasteiger partial charge >= 0.3 is 0 Å². The molecule has 4 N–H and O–H groups in total. The largest absolute Gasteiger partial charge is 0.549 e. The molecule has 0 spiro atoms. The first kappa shape index (κ1) is 11.6. The SMILES string of the molecule is O=C([O-])CCl.[NH3+]c1cc2ccccc2[nH]1. The van der Waals surface area contributed by atoms with Crippen molar-refractivity contribution in [2.75, 3.05) is 5.88 Å². The van der Waals surface area contributed by atoms with Gasteiger partial charge in [0.25, 0.3) is 0 Å². The second kappa shape index (κ2) is 5.38. The number of carbonyl (C=O) groups is 1. The fourth-order valence-corrected chi connectivity index (χ4v) is 1.13. The number of carboxylic acid groups (broad SMARTS) is 1. The average Bonchev–Trinajstić information content (AvgIpc) is 2.58. The van der Waals surface area contributed by atoms with Gasteiger partial charge in [0, 0.05) is 11.5 Å². The predicted octanol–water partition coefficient (Wildman–Crippen LogP) is 0.0164. The summed E-state index contributed by atoms with van der Waals surface area (Å²) in [6.07, 6.45) is 0. The number of fused-ring (bicyclic) bond motifs is 1. The van der Waals surface area contributed by atoms with Crippen molar-refractivity contribution >= 4 is 34.3 Å². The number of carboxylic acids is 1. The van der Waals surface area contributed by atoms with Crippen LogP contribution in [0.25, 0.3) is 10.9 Å². The summed E-state index contributed by atoms with van der Waals surface area (Å²) in [6, 6.07) is 10.2. The molecule has 5 heteroatoms. The Labute approximate surface area is 91.7 Å². The first-order valence-corrected chi connectivity index (χ1v) is 4.82. The average molecular weight is 227 g/mol. The summed E-state index contributed by atoms with van der Waals surface area (Å²) in [5.74, 6) is -0.673. The Morgan fingerprint density at radius 1 is 1.47 bits per heavy atom. The van der Waals surface area contributed by atoms with Crippen LogP contribution in [0.5, 0.6) is 0 Å². The van der Waals surface area contributed by atoms with Crippen LogP contribution in [0.3, 0.4) is 0 Å². The van der Waals surface area contributed by atoms with E-state index in [0.29, 0.717) is 0 Å². The Hall–Kier alpha value is -1.52. The van der Waals surface area contributed by atoms with Crippen molar-refractivity contribution in [1.82, 2.24) is 4.98 Å². The van der Waals surface area contributed by atoms with Gasteiger partial charge in [-0.2, -0.15) is 0 Å². The number of para-hydroxylation sites is 1. The molecular weight excluding hydrogens is 216 g/mol. The fourth-order valence-electron chi connectivity index (χ4n) is 1.13. The molecule has 1 aromatic heterocycles. The summed E-state index contributed by atoms with van der Waals surface area (Å²) in [7, 11) is 0. The third kappa shape index (κ3) is 3.61. The lowest BCUT2D eigenvalue weighted by Crippen LogP contribution is -2.40. The van der Waals surface area contributed by atoms with Crippen LogP contribution in [-0.4, -0.2) is 16.8 Å². The summed E-state index contributed by atoms with van der Waals surface area (Å²) in [6.45, 7) is 0. The minimum atomic E-state index is -1.23. The number of halogens is 1. The highest BCUT2D eigenvalue weighted by molar-refractivity contribution is 6.25. The molecule has 2 rings (SSSR count). The second-order valence-corrected chi connectivity index (χ2v) is 3.15. The van der Waals surface area contributed by atoms with Gasteiger partial charge in [-0.15, -0.1) is 11.6 Å². The predicted molar refractivity (Wildman–Crippen MR) is 56.6 cm³/mol. The first-order valence-electron chi connectivity index (χ1n) is 4.29. The number of alkyl halides is 1. The van der Waals surface area contributed by atoms with E-state index in [1.165, 1.54) is 5.39 Å². The Bertz CT molecular complexity index is 420. The van der Waals surface area contributed by atoms with Gasteiger partial charge in [-0.25, -0.2) is 0 Å². The van der Waals surface area contributed by atoms with Crippen molar-refractivity contribution in [3.05, 3.63) is 30.3 Å². The van der Waals surface area contributed by atoms with E-state index in [1.807, 2.05) is 24.3 Å². The normalized spacial score (nSPS) is 9.47. The molecule has 0 saturated heterocycles. The van der Waals surface area contributed by atoms with E-state index < -0.39 is 11.8 Å². The molecule has 1 aromatic carbocycles. The highest BCUT2D eigenvalue weighted by Crippen LogP contribution is 2.13. The van der Waals surface area contributed by atoms with Crippen molar-refractivity contribution in [2.45, 2.75) is 0 Å². The quantitative estimate of drug-likeness (QED) is 0.672. The third-order valence-corrected chi connectivity index (χ3v) is 1.91. The van der Waals surface area contributed by atoms with Crippen LogP contribution in [-0.2, 0) is 4.79 Å². The van der Waals surface area contributed by atoms with Crippen LogP contribution >= 0.6 is 11.6 Å². The van der Waals surface area contributed by atoms with E-state index in [1.54, 1.807) is 0 Å². The Morgan fingerprint density at radius 3 is 2.60 bits per heavy atom. The maximum absolute atomic E-state index is 9.12. The third-order valence-electron chi connectivity index (χ3n) is 1.69. The molecule has 15 heavy (non-hydrogen) atoms. The van der Waals surface area contributed by atoms with Crippen LogP contribution in [0.1, 0.15) is 0 Å². The molecule has 80 valence electrons. The molecule has 0 aliphatic heterocycles. The Kier molecular flexibility index (Phi) is 4.15. The van der Waals surface area contributed by atoms with Crippen molar-refractivity contribution in [1.29, 1.82) is 0 Å². The van der Waals surface area contributed by atoms with E-state index in [0.717, 1.165) is 11.3 Å². The van der Waals surface area contributed by atoms with Crippen LogP contribution in [0, 0.1) is 0 Å². The molecule has 0 radical (unpaired) electrons. The van der Waals surface area contributed by atoms with Crippen LogP contribution in [0.2, 0.25) is 0 Å². The number of aromatic amines is 1. The van der Waals surface area contributed by atoms with Gasteiger partial charge in [0.15, 0.2) is 0 Å². The van der Waals surface area contributed by atoms with Gasteiger partial charge in [0.2, 0.25) is 5.82 Å². The Morgan fingerprint density at radius 2 is 2.07 bits per heavy atom. The number of H-pyrrole nitrogens is 1. The minimum absolute atomic E-state index is 0.417. The summed E-state index contributed by atoms with van der Waals surface area (Å²) >= 11 is 4.67. The molecule has 0 aliphatic rings. The second-order valence-electron chi connectivity index (χ2n) is 2.89. The van der Waals surface area contributed by atoms with E-state index in [-0.39, 0.29) is 0 Å². The maximum Gasteiger partial charge on any atom is 0.201 e. The van der Waals surface area contributed by atoms with Crippen LogP contribution in [0.4, 0.5) is 5.82 Å². The van der Waals surface area contributed by atoms with E-state index in [2.05, 4.69) is 28.4 Å². The zero-order chi connectivity index (χ0) is 11.3. The molecular formula is C10H11ClN2O2. The monoisotopic (exact) mass is 226 g/mol. The van der Waals surface area contributed by atoms with Crippen LogP contribution in [0.15, 0.2) is 30.3 Å². The number of hydrogen-bond acceptors (Lipinski definition) is 2. The highest BCUT2D eigenvalue weighted by Gasteiger charge is 1.95. The lowest BCUT2D eigenvalue weighted by atomic mass is 10.3. The maximum atomic E-state index is 9.12. The summed E-state index contributed by atoms with van der Waals surface area (Å²) in [5.41, 5.74) is 4.96. The molecule has 0 fully saturated rings. The molecule has 4 nitrogen and oxygen atoms in total. The minimum Gasteiger partial charge on any atom is -0.549 e. The highest BCUT2D eigenvalue weighted by atomic mass is 35.5. The smallest absolute Gasteiger partial charge is 0.201 e. The topological polar surface area (TPSA) is 83.6 Å². The summed E-state index contributed by atoms with van der Waals surface area (Å²) < 4.78 is 0. The lowest BCUT2D eigenvalue weighted by molar-refractivity contribution is -0.301. The van der Waals surface area contributed by atoms with Crippen LogP contribution < -0.4 is 10.8 Å². The summed E-state index contributed by atoms with van der Waals surface area (Å²) in [5, 5.41) is 10.4. The fraction of sp³-hybridized carbons (Fsp3) is 0.100. The molecule has 0 atom stereocenters. The molecule has 0 bridgehead atoms. The molecule has 1 heterocycles. The zero-order valence-corrected chi connectivity index (χ0v) is 8.75. The Balaban J connectivity index is 0.000000195. The van der Waals surface area contributed by atoms with Crippen molar-refractivity contribution in [3.8, 4) is 0 Å². The first-order chi connectivity index (χ1) is 7.13. The van der Waals surface area contributed by atoms with Gasteiger partial charge in [-0.1, -0.05) is 18.2 Å². The van der Waals surface area contributed by atoms with Crippen molar-refractivity contribution in [2.24, 2.45) is 0 Å². The van der Waals surface area contributed by atoms with Gasteiger partial charge in [0.05, 0.1) is 17.4 Å². The van der Waals surface area contributed by atoms with E-state index >= 15 is 0 Å². The van der Waals surface area contributed by atoms with Gasteiger partial charge in [-0.3, -0.25) is 0 Å². The van der Waals surface area contributed by atoms with Gasteiger partial charge in [-0.05, 0) is 6.07 Å². The number of rotatable bonds is 1. The standard InChI is InChI=1S/C8H8N2.C2H3ClO2/c9-8-5-6-3-1-2-4-7(6)10-8;3-1-2(4)5/h1-5,10H,9H2;1H2,(H,4,5). The molecule has 0 unspecified atom stereocenters. The zero-order valence-electron chi connectivity index (χ0n) is 8.00. The molecule has 2 aromatic rings. The number of aliphatic carboxylic acids is 1. The van der Waals surface area contributed by atoms with Crippen molar-refractivity contribution < 1.29 is 15.6 Å². The summed E-state index contributed by atoms with van der Waals surface area (Å²) in [4.78, 5) is 12.3. The number of carbonyl (C=O) groups excluding carboxylic acids is 1. The molecule has 0 amide bonds. The van der Waals surface area contributed by atoms with E-state index in [9.17, 15) is 0 Å². The number of quaternary nitrogens is 1.